The Morgan fingerprint density at radius 3 is 2.42 bits per heavy atom. The molecular weight excluding hydrogens is 154 g/mol. The zero-order valence-corrected chi connectivity index (χ0v) is 8.55. The van der Waals surface area contributed by atoms with E-state index in [1.807, 2.05) is 0 Å². The third kappa shape index (κ3) is 7.98. The van der Waals surface area contributed by atoms with Crippen LogP contribution in [0.15, 0.2) is 0 Å². The first-order valence-electron chi connectivity index (χ1n) is 4.33. The Bertz CT molecular complexity index is 110. The summed E-state index contributed by atoms with van der Waals surface area (Å²) >= 11 is 0. The normalized spacial score (nSPS) is 14.8. The number of hydrogen-bond acceptors (Lipinski definition) is 3. The summed E-state index contributed by atoms with van der Waals surface area (Å²) in [7, 11) is 1.59. The second kappa shape index (κ2) is 5.51. The Balaban J connectivity index is 3.31. The molecule has 3 heteroatoms. The highest BCUT2D eigenvalue weighted by Crippen LogP contribution is 2.09. The highest BCUT2D eigenvalue weighted by Gasteiger charge is 2.10. The smallest absolute Gasteiger partial charge is 0.0897 e. The van der Waals surface area contributed by atoms with Crippen molar-refractivity contribution in [3.63, 3.8) is 0 Å². The molecule has 0 aromatic carbocycles. The summed E-state index contributed by atoms with van der Waals surface area (Å²) in [5, 5.41) is 12.4. The fourth-order valence-corrected chi connectivity index (χ4v) is 0.865. The number of nitrogens with one attached hydrogen (secondary N) is 1. The first kappa shape index (κ1) is 11.9. The monoisotopic (exact) mass is 175 g/mol. The highest BCUT2D eigenvalue weighted by molar-refractivity contribution is 4.66. The summed E-state index contributed by atoms with van der Waals surface area (Å²) in [4.78, 5) is 0. The van der Waals surface area contributed by atoms with Crippen LogP contribution in [0.2, 0.25) is 0 Å². The number of rotatable bonds is 5. The number of aliphatic hydroxyl groups excluding tert-OH is 1. The van der Waals surface area contributed by atoms with E-state index >= 15 is 0 Å². The molecule has 0 heterocycles. The Labute approximate surface area is 75.1 Å². The number of methoxy groups -OCH3 is 1. The highest BCUT2D eigenvalue weighted by atomic mass is 16.5. The minimum atomic E-state index is -0.391. The summed E-state index contributed by atoms with van der Waals surface area (Å²) in [5.41, 5.74) is 0.271. The van der Waals surface area contributed by atoms with E-state index in [1.54, 1.807) is 7.11 Å². The van der Waals surface area contributed by atoms with Gasteiger partial charge >= 0.3 is 0 Å². The fourth-order valence-electron chi connectivity index (χ4n) is 0.865. The standard InChI is InChI=1S/C9H21NO2/c1-9(2,3)7-10-5-8(11)6-12-4/h8,10-11H,5-7H2,1-4H3. The molecule has 0 aliphatic rings. The average Bonchev–Trinajstić information content (AvgIpc) is 1.84. The molecule has 0 bridgehead atoms. The lowest BCUT2D eigenvalue weighted by Crippen LogP contribution is -2.35. The molecule has 0 fully saturated rings. The Kier molecular flexibility index (Phi) is 5.46. The second-order valence-electron chi connectivity index (χ2n) is 4.30. The van der Waals surface area contributed by atoms with Gasteiger partial charge in [-0.1, -0.05) is 20.8 Å². The Morgan fingerprint density at radius 2 is 2.00 bits per heavy atom. The minimum Gasteiger partial charge on any atom is -0.389 e. The fraction of sp³-hybridized carbons (Fsp3) is 1.00. The molecule has 1 unspecified atom stereocenters. The molecule has 0 rings (SSSR count). The van der Waals surface area contributed by atoms with Crippen molar-refractivity contribution in [1.82, 2.24) is 5.32 Å². The maximum atomic E-state index is 9.26. The van der Waals surface area contributed by atoms with E-state index in [2.05, 4.69) is 26.1 Å². The van der Waals surface area contributed by atoms with Gasteiger partial charge in [0.05, 0.1) is 12.7 Å². The molecule has 0 aromatic heterocycles. The largest absolute Gasteiger partial charge is 0.389 e. The van der Waals surface area contributed by atoms with Crippen molar-refractivity contribution in [2.24, 2.45) is 5.41 Å². The predicted molar refractivity (Wildman–Crippen MR) is 50.2 cm³/mol. The number of hydrogen-bond donors (Lipinski definition) is 2. The average molecular weight is 175 g/mol. The van der Waals surface area contributed by atoms with Crippen molar-refractivity contribution in [1.29, 1.82) is 0 Å². The Morgan fingerprint density at radius 1 is 1.42 bits per heavy atom. The lowest BCUT2D eigenvalue weighted by Gasteiger charge is -2.20. The van der Waals surface area contributed by atoms with Gasteiger partial charge in [0.2, 0.25) is 0 Å². The molecule has 0 amide bonds. The first-order valence-corrected chi connectivity index (χ1v) is 4.33. The molecular formula is C9H21NO2. The molecule has 0 saturated heterocycles. The van der Waals surface area contributed by atoms with Crippen molar-refractivity contribution in [2.45, 2.75) is 26.9 Å². The van der Waals surface area contributed by atoms with E-state index in [9.17, 15) is 5.11 Å². The van der Waals surface area contributed by atoms with Crippen LogP contribution in [0.3, 0.4) is 0 Å². The predicted octanol–water partition coefficient (Wildman–Crippen LogP) is 0.629. The molecule has 0 aliphatic heterocycles. The molecule has 0 aliphatic carbocycles. The molecule has 3 nitrogen and oxygen atoms in total. The van der Waals surface area contributed by atoms with E-state index in [-0.39, 0.29) is 5.41 Å². The van der Waals surface area contributed by atoms with Gasteiger partial charge in [-0.15, -0.1) is 0 Å². The zero-order valence-electron chi connectivity index (χ0n) is 8.55. The van der Waals surface area contributed by atoms with Gasteiger partial charge in [0.15, 0.2) is 0 Å². The molecule has 0 saturated carbocycles. The van der Waals surface area contributed by atoms with Gasteiger partial charge in [-0.2, -0.15) is 0 Å². The number of aliphatic hydroxyl groups is 1. The van der Waals surface area contributed by atoms with Gasteiger partial charge in [-0.3, -0.25) is 0 Å². The summed E-state index contributed by atoms with van der Waals surface area (Å²) < 4.78 is 4.80. The van der Waals surface area contributed by atoms with E-state index in [4.69, 9.17) is 4.74 Å². The van der Waals surface area contributed by atoms with Crippen LogP contribution in [0.4, 0.5) is 0 Å². The van der Waals surface area contributed by atoms with Crippen LogP contribution in [0, 0.1) is 5.41 Å². The summed E-state index contributed by atoms with van der Waals surface area (Å²) in [6, 6.07) is 0. The van der Waals surface area contributed by atoms with E-state index in [0.29, 0.717) is 13.2 Å². The minimum absolute atomic E-state index is 0.271. The van der Waals surface area contributed by atoms with Gasteiger partial charge in [-0.25, -0.2) is 0 Å². The SMILES string of the molecule is COCC(O)CNCC(C)(C)C. The van der Waals surface area contributed by atoms with E-state index in [1.165, 1.54) is 0 Å². The van der Waals surface area contributed by atoms with Crippen LogP contribution in [0.1, 0.15) is 20.8 Å². The lowest BCUT2D eigenvalue weighted by molar-refractivity contribution is 0.0633. The molecule has 12 heavy (non-hydrogen) atoms. The van der Waals surface area contributed by atoms with Crippen molar-refractivity contribution >= 4 is 0 Å². The van der Waals surface area contributed by atoms with Crippen LogP contribution < -0.4 is 5.32 Å². The lowest BCUT2D eigenvalue weighted by atomic mass is 9.97. The zero-order chi connectivity index (χ0) is 9.61. The number of ether oxygens (including phenoxy) is 1. The third-order valence-corrected chi connectivity index (χ3v) is 1.39. The van der Waals surface area contributed by atoms with Gasteiger partial charge < -0.3 is 15.2 Å². The van der Waals surface area contributed by atoms with Gasteiger partial charge in [0.1, 0.15) is 0 Å². The van der Waals surface area contributed by atoms with Crippen LogP contribution in [-0.4, -0.2) is 38.0 Å². The molecule has 0 radical (unpaired) electrons. The van der Waals surface area contributed by atoms with Crippen molar-refractivity contribution < 1.29 is 9.84 Å². The van der Waals surface area contributed by atoms with Gasteiger partial charge in [0, 0.05) is 20.2 Å². The summed E-state index contributed by atoms with van der Waals surface area (Å²) in [6.45, 7) is 8.38. The molecule has 1 atom stereocenters. The quantitative estimate of drug-likeness (QED) is 0.644. The topological polar surface area (TPSA) is 41.5 Å². The van der Waals surface area contributed by atoms with Crippen molar-refractivity contribution in [2.75, 3.05) is 26.8 Å². The van der Waals surface area contributed by atoms with Crippen molar-refractivity contribution in [3.05, 3.63) is 0 Å². The molecule has 0 aromatic rings. The summed E-state index contributed by atoms with van der Waals surface area (Å²) in [6.07, 6.45) is -0.391. The van der Waals surface area contributed by atoms with Crippen molar-refractivity contribution in [3.8, 4) is 0 Å². The summed E-state index contributed by atoms with van der Waals surface area (Å²) in [5.74, 6) is 0. The molecule has 0 spiro atoms. The van der Waals surface area contributed by atoms with Crippen LogP contribution in [-0.2, 0) is 4.74 Å². The third-order valence-electron chi connectivity index (χ3n) is 1.39. The van der Waals surface area contributed by atoms with Crippen LogP contribution in [0.25, 0.3) is 0 Å². The van der Waals surface area contributed by atoms with Crippen LogP contribution in [0.5, 0.6) is 0 Å². The van der Waals surface area contributed by atoms with Gasteiger partial charge in [0.25, 0.3) is 0 Å². The maximum Gasteiger partial charge on any atom is 0.0897 e. The van der Waals surface area contributed by atoms with E-state index < -0.39 is 6.10 Å². The Hall–Kier alpha value is -0.120. The second-order valence-corrected chi connectivity index (χ2v) is 4.30. The van der Waals surface area contributed by atoms with Gasteiger partial charge in [-0.05, 0) is 5.41 Å². The van der Waals surface area contributed by atoms with E-state index in [0.717, 1.165) is 6.54 Å². The maximum absolute atomic E-state index is 9.26. The molecule has 74 valence electrons. The first-order chi connectivity index (χ1) is 5.45. The molecule has 2 N–H and O–H groups in total. The van der Waals surface area contributed by atoms with Crippen LogP contribution >= 0.6 is 0 Å².